The molecule has 0 aliphatic rings. The van der Waals surface area contributed by atoms with Crippen LogP contribution in [-0.2, 0) is 11.2 Å². The number of rotatable bonds is 3. The van der Waals surface area contributed by atoms with Crippen LogP contribution in [0.25, 0.3) is 10.8 Å². The Hall–Kier alpha value is -1.87. The molecule has 3 N–H and O–H groups in total. The molecule has 0 saturated heterocycles. The topological polar surface area (TPSA) is 63.3 Å². The van der Waals surface area contributed by atoms with E-state index < -0.39 is 11.5 Å². The maximum absolute atomic E-state index is 11.0. The van der Waals surface area contributed by atoms with Crippen molar-refractivity contribution in [3.8, 4) is 0 Å². The SMILES string of the molecule is C[C@@](N)(Cc1ccc2ccccc2c1)C(=O)O. The first-order chi connectivity index (χ1) is 7.99. The van der Waals surface area contributed by atoms with E-state index in [9.17, 15) is 4.79 Å². The van der Waals surface area contributed by atoms with Gasteiger partial charge in [-0.05, 0) is 23.3 Å². The molecule has 0 unspecified atom stereocenters. The summed E-state index contributed by atoms with van der Waals surface area (Å²) in [6, 6.07) is 13.9. The number of hydrogen-bond acceptors (Lipinski definition) is 2. The molecule has 17 heavy (non-hydrogen) atoms. The van der Waals surface area contributed by atoms with Gasteiger partial charge in [-0.25, -0.2) is 0 Å². The Kier molecular flexibility index (Phi) is 2.86. The highest BCUT2D eigenvalue weighted by molar-refractivity contribution is 5.83. The maximum Gasteiger partial charge on any atom is 0.323 e. The van der Waals surface area contributed by atoms with E-state index in [1.54, 1.807) is 0 Å². The summed E-state index contributed by atoms with van der Waals surface area (Å²) in [5, 5.41) is 11.2. The van der Waals surface area contributed by atoms with Crippen molar-refractivity contribution in [1.29, 1.82) is 0 Å². The fraction of sp³-hybridized carbons (Fsp3) is 0.214. The zero-order valence-electron chi connectivity index (χ0n) is 9.68. The van der Waals surface area contributed by atoms with Crippen molar-refractivity contribution >= 4 is 16.7 Å². The molecule has 0 aliphatic heterocycles. The quantitative estimate of drug-likeness (QED) is 0.848. The van der Waals surface area contributed by atoms with Gasteiger partial charge >= 0.3 is 5.97 Å². The number of hydrogen-bond donors (Lipinski definition) is 2. The van der Waals surface area contributed by atoms with Crippen LogP contribution in [0.5, 0.6) is 0 Å². The maximum atomic E-state index is 11.0. The Morgan fingerprint density at radius 3 is 2.53 bits per heavy atom. The molecular weight excluding hydrogens is 214 g/mol. The second kappa shape index (κ2) is 4.18. The Bertz CT molecular complexity index is 561. The average Bonchev–Trinajstić information content (AvgIpc) is 2.28. The molecule has 1 atom stereocenters. The molecule has 2 aromatic rings. The van der Waals surface area contributed by atoms with E-state index in [4.69, 9.17) is 10.8 Å². The standard InChI is InChI=1S/C14H15NO2/c1-14(15,13(16)17)9-10-6-7-11-4-2-3-5-12(11)8-10/h2-8H,9,15H2,1H3,(H,16,17)/t14-/m1/s1. The third-order valence-electron chi connectivity index (χ3n) is 2.87. The van der Waals surface area contributed by atoms with Crippen molar-refractivity contribution in [3.05, 3.63) is 48.0 Å². The second-order valence-corrected chi connectivity index (χ2v) is 4.58. The highest BCUT2D eigenvalue weighted by Gasteiger charge is 2.27. The minimum atomic E-state index is -1.22. The Balaban J connectivity index is 2.34. The van der Waals surface area contributed by atoms with E-state index in [1.807, 2.05) is 42.5 Å². The molecule has 0 radical (unpaired) electrons. The van der Waals surface area contributed by atoms with Gasteiger partial charge in [0.1, 0.15) is 5.54 Å². The number of aliphatic carboxylic acids is 1. The van der Waals surface area contributed by atoms with Crippen LogP contribution in [0.4, 0.5) is 0 Å². The number of carbonyl (C=O) groups is 1. The van der Waals surface area contributed by atoms with Crippen LogP contribution in [0.1, 0.15) is 12.5 Å². The van der Waals surface area contributed by atoms with E-state index in [2.05, 4.69) is 0 Å². The number of benzene rings is 2. The predicted molar refractivity (Wildman–Crippen MR) is 67.9 cm³/mol. The predicted octanol–water partition coefficient (Wildman–Crippen LogP) is 2.18. The van der Waals surface area contributed by atoms with Crippen LogP contribution in [0.15, 0.2) is 42.5 Å². The summed E-state index contributed by atoms with van der Waals surface area (Å²) < 4.78 is 0. The molecule has 0 fully saturated rings. The molecular formula is C14H15NO2. The molecule has 0 heterocycles. The van der Waals surface area contributed by atoms with Gasteiger partial charge in [0.15, 0.2) is 0 Å². The van der Waals surface area contributed by atoms with Gasteiger partial charge in [-0.1, -0.05) is 42.5 Å². The third-order valence-corrected chi connectivity index (χ3v) is 2.87. The summed E-state index contributed by atoms with van der Waals surface area (Å²) in [6.45, 7) is 1.53. The normalized spacial score (nSPS) is 14.5. The molecule has 0 bridgehead atoms. The second-order valence-electron chi connectivity index (χ2n) is 4.58. The third kappa shape index (κ3) is 2.45. The Morgan fingerprint density at radius 2 is 1.88 bits per heavy atom. The van der Waals surface area contributed by atoms with Crippen molar-refractivity contribution in [2.75, 3.05) is 0 Å². The van der Waals surface area contributed by atoms with Gasteiger partial charge < -0.3 is 10.8 Å². The molecule has 2 aromatic carbocycles. The Morgan fingerprint density at radius 1 is 1.24 bits per heavy atom. The van der Waals surface area contributed by atoms with Crippen molar-refractivity contribution in [2.45, 2.75) is 18.9 Å². The molecule has 88 valence electrons. The van der Waals surface area contributed by atoms with Crippen molar-refractivity contribution < 1.29 is 9.90 Å². The van der Waals surface area contributed by atoms with E-state index >= 15 is 0 Å². The summed E-state index contributed by atoms with van der Waals surface area (Å²) in [5.74, 6) is -0.981. The number of carboxylic acids is 1. The molecule has 0 saturated carbocycles. The smallest absolute Gasteiger partial charge is 0.323 e. The van der Waals surface area contributed by atoms with E-state index in [-0.39, 0.29) is 0 Å². The van der Waals surface area contributed by atoms with E-state index in [0.29, 0.717) is 6.42 Å². The lowest BCUT2D eigenvalue weighted by Gasteiger charge is -2.19. The van der Waals surface area contributed by atoms with Crippen LogP contribution in [0.3, 0.4) is 0 Å². The van der Waals surface area contributed by atoms with Gasteiger partial charge in [0.25, 0.3) is 0 Å². The van der Waals surface area contributed by atoms with E-state index in [0.717, 1.165) is 16.3 Å². The molecule has 0 aromatic heterocycles. The lowest BCUT2D eigenvalue weighted by Crippen LogP contribution is -2.46. The number of carboxylic acid groups (broad SMARTS) is 1. The average molecular weight is 229 g/mol. The largest absolute Gasteiger partial charge is 0.480 e. The molecule has 0 spiro atoms. The fourth-order valence-electron chi connectivity index (χ4n) is 1.85. The highest BCUT2D eigenvalue weighted by Crippen LogP contribution is 2.18. The monoisotopic (exact) mass is 229 g/mol. The minimum absolute atomic E-state index is 0.327. The van der Waals surface area contributed by atoms with Gasteiger partial charge in [0, 0.05) is 6.42 Å². The van der Waals surface area contributed by atoms with E-state index in [1.165, 1.54) is 6.92 Å². The summed E-state index contributed by atoms with van der Waals surface area (Å²) in [4.78, 5) is 11.0. The highest BCUT2D eigenvalue weighted by atomic mass is 16.4. The zero-order chi connectivity index (χ0) is 12.5. The summed E-state index contributed by atoms with van der Waals surface area (Å²) in [7, 11) is 0. The first-order valence-electron chi connectivity index (χ1n) is 5.49. The van der Waals surface area contributed by atoms with Crippen LogP contribution in [-0.4, -0.2) is 16.6 Å². The first kappa shape index (κ1) is 11.6. The summed E-state index contributed by atoms with van der Waals surface area (Å²) >= 11 is 0. The van der Waals surface area contributed by atoms with Crippen LogP contribution < -0.4 is 5.73 Å². The molecule has 2 rings (SSSR count). The zero-order valence-corrected chi connectivity index (χ0v) is 9.68. The summed E-state index contributed by atoms with van der Waals surface area (Å²) in [5.41, 5.74) is 5.46. The van der Waals surface area contributed by atoms with Crippen molar-refractivity contribution in [2.24, 2.45) is 5.73 Å². The minimum Gasteiger partial charge on any atom is -0.480 e. The van der Waals surface area contributed by atoms with Crippen molar-refractivity contribution in [1.82, 2.24) is 0 Å². The Labute approximate surface area is 99.9 Å². The molecule has 3 nitrogen and oxygen atoms in total. The fourth-order valence-corrected chi connectivity index (χ4v) is 1.85. The van der Waals surface area contributed by atoms with Crippen LogP contribution >= 0.6 is 0 Å². The first-order valence-corrected chi connectivity index (χ1v) is 5.49. The molecule has 3 heteroatoms. The van der Waals surface area contributed by atoms with Gasteiger partial charge in [-0.2, -0.15) is 0 Å². The number of nitrogens with two attached hydrogens (primary N) is 1. The molecule has 0 aliphatic carbocycles. The van der Waals surface area contributed by atoms with Crippen molar-refractivity contribution in [3.63, 3.8) is 0 Å². The van der Waals surface area contributed by atoms with Crippen LogP contribution in [0.2, 0.25) is 0 Å². The van der Waals surface area contributed by atoms with Gasteiger partial charge in [0.05, 0.1) is 0 Å². The van der Waals surface area contributed by atoms with Crippen LogP contribution in [0, 0.1) is 0 Å². The molecule has 0 amide bonds. The lowest BCUT2D eigenvalue weighted by molar-refractivity contribution is -0.142. The van der Waals surface area contributed by atoms with Gasteiger partial charge in [-0.15, -0.1) is 0 Å². The van der Waals surface area contributed by atoms with Gasteiger partial charge in [-0.3, -0.25) is 4.79 Å². The van der Waals surface area contributed by atoms with Gasteiger partial charge in [0.2, 0.25) is 0 Å². The summed E-state index contributed by atoms with van der Waals surface area (Å²) in [6.07, 6.45) is 0.327. The number of fused-ring (bicyclic) bond motifs is 1. The lowest BCUT2D eigenvalue weighted by atomic mass is 9.93.